The molecule has 10 nitrogen and oxygen atoms in total. The zero-order valence-corrected chi connectivity index (χ0v) is 26.7. The minimum Gasteiger partial charge on any atom is -0.423 e. The standard InChI is InChI=1S/C18H12N2O2.C12H10BNO2.C6H4BrNO2/c21-20(22)17-11-4-2-7-13(17)15-9-5-8-14-12-6-1-3-10-16(12)19-18(14)15;15-13(16)10-6-3-5-9-8-4-1-2-7-11(8)14-12(9)10;7-5-3-1-2-4-6(5)8(9)10/h1-11,19H;1-7,14-16H;1-4H. The maximum absolute atomic E-state index is 11.3. The molecule has 236 valence electrons. The Bertz CT molecular complexity index is 2440. The number of nitro benzene ring substituents is 2. The Morgan fingerprint density at radius 1 is 0.521 bits per heavy atom. The number of aromatic nitrogens is 2. The molecular formula is C36H26BBrN4O6. The van der Waals surface area contributed by atoms with Crippen LogP contribution in [0.1, 0.15) is 0 Å². The Hall–Kier alpha value is -5.82. The summed E-state index contributed by atoms with van der Waals surface area (Å²) in [6.07, 6.45) is 0. The maximum Gasteiger partial charge on any atom is 0.490 e. The predicted molar refractivity (Wildman–Crippen MR) is 194 cm³/mol. The molecule has 0 fully saturated rings. The summed E-state index contributed by atoms with van der Waals surface area (Å²) in [5, 5.41) is 44.4. The van der Waals surface area contributed by atoms with Crippen molar-refractivity contribution in [2.24, 2.45) is 0 Å². The van der Waals surface area contributed by atoms with E-state index >= 15 is 0 Å². The number of benzene rings is 6. The molecule has 4 N–H and O–H groups in total. The third-order valence-electron chi connectivity index (χ3n) is 7.83. The van der Waals surface area contributed by atoms with Gasteiger partial charge in [-0.2, -0.15) is 0 Å². The number of para-hydroxylation sites is 6. The summed E-state index contributed by atoms with van der Waals surface area (Å²) in [5.74, 6) is 0. The summed E-state index contributed by atoms with van der Waals surface area (Å²) >= 11 is 3.06. The maximum atomic E-state index is 11.3. The molecule has 2 heterocycles. The van der Waals surface area contributed by atoms with Crippen LogP contribution in [0.5, 0.6) is 0 Å². The van der Waals surface area contributed by atoms with Crippen LogP contribution in [0.25, 0.3) is 54.7 Å². The number of rotatable bonds is 4. The summed E-state index contributed by atoms with van der Waals surface area (Å²) in [5.41, 5.74) is 5.96. The van der Waals surface area contributed by atoms with Gasteiger partial charge < -0.3 is 20.0 Å². The second kappa shape index (κ2) is 13.9. The van der Waals surface area contributed by atoms with Gasteiger partial charge in [0.15, 0.2) is 0 Å². The lowest BCUT2D eigenvalue weighted by atomic mass is 9.79. The number of nitrogens with zero attached hydrogens (tertiary/aromatic N) is 2. The van der Waals surface area contributed by atoms with Gasteiger partial charge in [-0.1, -0.05) is 97.1 Å². The third kappa shape index (κ3) is 6.40. The lowest BCUT2D eigenvalue weighted by Crippen LogP contribution is -2.30. The molecule has 0 aliphatic heterocycles. The Labute approximate surface area is 281 Å². The van der Waals surface area contributed by atoms with E-state index in [2.05, 4.69) is 32.0 Å². The van der Waals surface area contributed by atoms with Crippen molar-refractivity contribution in [3.8, 4) is 11.1 Å². The van der Waals surface area contributed by atoms with Crippen LogP contribution >= 0.6 is 15.9 Å². The van der Waals surface area contributed by atoms with E-state index in [4.69, 9.17) is 0 Å². The van der Waals surface area contributed by atoms with E-state index in [1.165, 1.54) is 12.1 Å². The number of H-pyrrole nitrogens is 2. The molecule has 12 heteroatoms. The summed E-state index contributed by atoms with van der Waals surface area (Å²) in [4.78, 5) is 27.3. The molecule has 8 aromatic rings. The summed E-state index contributed by atoms with van der Waals surface area (Å²) in [6.45, 7) is 0. The molecule has 48 heavy (non-hydrogen) atoms. The fourth-order valence-electron chi connectivity index (χ4n) is 5.67. The predicted octanol–water partition coefficient (Wildman–Crippen LogP) is 8.25. The second-order valence-corrected chi connectivity index (χ2v) is 11.5. The summed E-state index contributed by atoms with van der Waals surface area (Å²) in [7, 11) is -1.45. The van der Waals surface area contributed by atoms with E-state index in [1.54, 1.807) is 36.4 Å². The van der Waals surface area contributed by atoms with Crippen molar-refractivity contribution in [3.05, 3.63) is 158 Å². The molecule has 0 aliphatic carbocycles. The van der Waals surface area contributed by atoms with Gasteiger partial charge in [0.1, 0.15) is 0 Å². The van der Waals surface area contributed by atoms with Crippen LogP contribution in [-0.4, -0.2) is 37.0 Å². The van der Waals surface area contributed by atoms with Crippen LogP contribution in [-0.2, 0) is 0 Å². The Morgan fingerprint density at radius 3 is 1.56 bits per heavy atom. The highest BCUT2D eigenvalue weighted by molar-refractivity contribution is 9.10. The van der Waals surface area contributed by atoms with Crippen LogP contribution in [0.3, 0.4) is 0 Å². The van der Waals surface area contributed by atoms with Gasteiger partial charge in [-0.3, -0.25) is 20.2 Å². The highest BCUT2D eigenvalue weighted by Crippen LogP contribution is 2.37. The first-order valence-electron chi connectivity index (χ1n) is 14.7. The highest BCUT2D eigenvalue weighted by atomic mass is 79.9. The van der Waals surface area contributed by atoms with E-state index in [9.17, 15) is 30.3 Å². The van der Waals surface area contributed by atoms with Gasteiger partial charge in [0.25, 0.3) is 11.4 Å². The number of fused-ring (bicyclic) bond motifs is 6. The van der Waals surface area contributed by atoms with Crippen LogP contribution < -0.4 is 5.46 Å². The van der Waals surface area contributed by atoms with E-state index in [0.29, 0.717) is 15.5 Å². The number of halogens is 1. The monoisotopic (exact) mass is 700 g/mol. The van der Waals surface area contributed by atoms with Crippen molar-refractivity contribution in [2.45, 2.75) is 0 Å². The van der Waals surface area contributed by atoms with Gasteiger partial charge in [-0.25, -0.2) is 0 Å². The van der Waals surface area contributed by atoms with Crippen molar-refractivity contribution >= 4 is 83.5 Å². The van der Waals surface area contributed by atoms with Crippen molar-refractivity contribution in [1.29, 1.82) is 0 Å². The molecule has 0 aliphatic rings. The first-order valence-corrected chi connectivity index (χ1v) is 15.5. The fourth-order valence-corrected chi connectivity index (χ4v) is 6.10. The lowest BCUT2D eigenvalue weighted by molar-refractivity contribution is -0.385. The van der Waals surface area contributed by atoms with Gasteiger partial charge in [0.2, 0.25) is 0 Å². The molecule has 0 saturated carbocycles. The zero-order chi connectivity index (χ0) is 33.8. The summed E-state index contributed by atoms with van der Waals surface area (Å²) in [6, 6.07) is 40.6. The van der Waals surface area contributed by atoms with Gasteiger partial charge in [0, 0.05) is 61.3 Å². The van der Waals surface area contributed by atoms with Gasteiger partial charge in [0.05, 0.1) is 25.4 Å². The average Bonchev–Trinajstić information content (AvgIpc) is 3.67. The number of hydrogen-bond donors (Lipinski definition) is 4. The van der Waals surface area contributed by atoms with Crippen molar-refractivity contribution in [3.63, 3.8) is 0 Å². The smallest absolute Gasteiger partial charge is 0.423 e. The third-order valence-corrected chi connectivity index (χ3v) is 8.50. The molecule has 0 radical (unpaired) electrons. The largest absolute Gasteiger partial charge is 0.490 e. The molecule has 0 amide bonds. The fraction of sp³-hybridized carbons (Fsp3) is 0. The van der Waals surface area contributed by atoms with Crippen LogP contribution in [0.2, 0.25) is 0 Å². The molecule has 8 rings (SSSR count). The first-order chi connectivity index (χ1) is 23.2. The molecule has 0 spiro atoms. The Morgan fingerprint density at radius 2 is 0.979 bits per heavy atom. The van der Waals surface area contributed by atoms with E-state index in [0.717, 1.165) is 49.2 Å². The van der Waals surface area contributed by atoms with Crippen LogP contribution in [0, 0.1) is 20.2 Å². The number of nitro groups is 2. The van der Waals surface area contributed by atoms with E-state index in [-0.39, 0.29) is 16.3 Å². The quantitative estimate of drug-likeness (QED) is 0.0822. The highest BCUT2D eigenvalue weighted by Gasteiger charge is 2.18. The number of nitrogens with one attached hydrogen (secondary N) is 2. The molecule has 0 saturated heterocycles. The van der Waals surface area contributed by atoms with Gasteiger partial charge >= 0.3 is 7.12 Å². The van der Waals surface area contributed by atoms with Crippen LogP contribution in [0.15, 0.2) is 138 Å². The minimum absolute atomic E-state index is 0.0995. The van der Waals surface area contributed by atoms with E-state index in [1.807, 2.05) is 78.9 Å². The Kier molecular flexibility index (Phi) is 9.30. The molecule has 6 aromatic carbocycles. The van der Waals surface area contributed by atoms with Crippen LogP contribution in [0.4, 0.5) is 11.4 Å². The number of aromatic amines is 2. The topological polar surface area (TPSA) is 158 Å². The molecular weight excluding hydrogens is 675 g/mol. The molecule has 0 unspecified atom stereocenters. The Balaban J connectivity index is 0.000000135. The lowest BCUT2D eigenvalue weighted by Gasteiger charge is -2.04. The number of hydrogen-bond acceptors (Lipinski definition) is 6. The van der Waals surface area contributed by atoms with Gasteiger partial charge in [-0.15, -0.1) is 0 Å². The van der Waals surface area contributed by atoms with Crippen molar-refractivity contribution in [1.82, 2.24) is 9.97 Å². The summed E-state index contributed by atoms with van der Waals surface area (Å²) < 4.78 is 0.514. The molecule has 2 aromatic heterocycles. The van der Waals surface area contributed by atoms with Gasteiger partial charge in [-0.05, 0) is 40.2 Å². The van der Waals surface area contributed by atoms with Crippen molar-refractivity contribution in [2.75, 3.05) is 0 Å². The zero-order valence-electron chi connectivity index (χ0n) is 25.1. The second-order valence-electron chi connectivity index (χ2n) is 10.7. The normalized spacial score (nSPS) is 10.7. The van der Waals surface area contributed by atoms with E-state index < -0.39 is 12.0 Å². The molecule has 0 atom stereocenters. The first kappa shape index (κ1) is 32.1. The van der Waals surface area contributed by atoms with Crippen molar-refractivity contribution < 1.29 is 19.9 Å². The molecule has 0 bridgehead atoms. The SMILES string of the molecule is O=[N+]([O-])c1ccccc1-c1cccc2c1[nH]c1ccccc12.O=[N+]([O-])c1ccccc1Br.OB(O)c1cccc2c1[nH]c1ccccc12. The average molecular weight is 701 g/mol. The minimum atomic E-state index is -1.45.